The summed E-state index contributed by atoms with van der Waals surface area (Å²) in [4.78, 5) is 13.8. The van der Waals surface area contributed by atoms with Crippen molar-refractivity contribution in [2.45, 2.75) is 57.1 Å². The molecule has 2 fully saturated rings. The van der Waals surface area contributed by atoms with Crippen molar-refractivity contribution in [1.82, 2.24) is 4.90 Å². The zero-order valence-corrected chi connectivity index (χ0v) is 10.7. The van der Waals surface area contributed by atoms with Crippen LogP contribution in [0.4, 0.5) is 0 Å². The lowest BCUT2D eigenvalue weighted by atomic mass is 9.90. The highest BCUT2D eigenvalue weighted by Gasteiger charge is 2.47. The van der Waals surface area contributed by atoms with Crippen LogP contribution in [0.3, 0.4) is 0 Å². The predicted molar refractivity (Wildman–Crippen MR) is 65.1 cm³/mol. The van der Waals surface area contributed by atoms with Crippen LogP contribution in [0, 0.1) is 0 Å². The van der Waals surface area contributed by atoms with Gasteiger partial charge in [-0.15, -0.1) is 0 Å². The molecule has 2 saturated heterocycles. The van der Waals surface area contributed by atoms with E-state index in [1.807, 2.05) is 0 Å². The first kappa shape index (κ1) is 12.8. The third kappa shape index (κ3) is 2.47. The van der Waals surface area contributed by atoms with Gasteiger partial charge in [0.25, 0.3) is 0 Å². The van der Waals surface area contributed by atoms with Gasteiger partial charge in [0.2, 0.25) is 0 Å². The minimum absolute atomic E-state index is 0.253. The third-order valence-electron chi connectivity index (χ3n) is 4.13. The fourth-order valence-corrected chi connectivity index (χ4v) is 3.28. The van der Waals surface area contributed by atoms with Crippen molar-refractivity contribution < 1.29 is 14.6 Å². The number of carboxylic acids is 1. The molecule has 0 radical (unpaired) electrons. The summed E-state index contributed by atoms with van der Waals surface area (Å²) in [5.41, 5.74) is -0.610. The standard InChI is InChI=1S/C13H23NO3/c1-2-6-13(12(15)16)7-4-8-14(13)10-11-5-3-9-17-11/h11H,2-10H2,1H3,(H,15,16). The zero-order valence-electron chi connectivity index (χ0n) is 10.7. The molecule has 0 aromatic carbocycles. The first-order valence-corrected chi connectivity index (χ1v) is 6.79. The Kier molecular flexibility index (Phi) is 4.05. The van der Waals surface area contributed by atoms with Gasteiger partial charge in [0, 0.05) is 13.2 Å². The minimum atomic E-state index is -0.644. The van der Waals surface area contributed by atoms with Crippen molar-refractivity contribution in [3.05, 3.63) is 0 Å². The summed E-state index contributed by atoms with van der Waals surface area (Å²) in [6.45, 7) is 4.61. The molecule has 0 bridgehead atoms. The highest BCUT2D eigenvalue weighted by molar-refractivity contribution is 5.79. The van der Waals surface area contributed by atoms with Crippen molar-refractivity contribution in [2.75, 3.05) is 19.7 Å². The molecule has 2 aliphatic rings. The number of hydrogen-bond acceptors (Lipinski definition) is 3. The summed E-state index contributed by atoms with van der Waals surface area (Å²) in [5.74, 6) is -0.644. The Labute approximate surface area is 103 Å². The number of ether oxygens (including phenoxy) is 1. The molecule has 2 aliphatic heterocycles. The second-order valence-corrected chi connectivity index (χ2v) is 5.27. The van der Waals surface area contributed by atoms with Gasteiger partial charge < -0.3 is 9.84 Å². The number of likely N-dealkylation sites (tertiary alicyclic amines) is 1. The predicted octanol–water partition coefficient (Wildman–Crippen LogP) is 1.88. The highest BCUT2D eigenvalue weighted by Crippen LogP contribution is 2.35. The largest absolute Gasteiger partial charge is 0.480 e. The molecule has 0 aromatic rings. The lowest BCUT2D eigenvalue weighted by Crippen LogP contribution is -2.52. The van der Waals surface area contributed by atoms with Gasteiger partial charge in [0.15, 0.2) is 0 Å². The Bertz CT molecular complexity index is 276. The van der Waals surface area contributed by atoms with E-state index in [0.717, 1.165) is 58.2 Å². The molecule has 0 amide bonds. The van der Waals surface area contributed by atoms with Gasteiger partial charge in [-0.3, -0.25) is 9.69 Å². The quantitative estimate of drug-likeness (QED) is 0.798. The van der Waals surface area contributed by atoms with Crippen LogP contribution in [0.2, 0.25) is 0 Å². The van der Waals surface area contributed by atoms with E-state index in [0.29, 0.717) is 0 Å². The van der Waals surface area contributed by atoms with Gasteiger partial charge >= 0.3 is 5.97 Å². The van der Waals surface area contributed by atoms with Gasteiger partial charge in [-0.2, -0.15) is 0 Å². The Morgan fingerprint density at radius 1 is 1.53 bits per heavy atom. The molecule has 0 aromatic heterocycles. The van der Waals surface area contributed by atoms with Crippen LogP contribution in [0.1, 0.15) is 45.4 Å². The van der Waals surface area contributed by atoms with Gasteiger partial charge in [0.1, 0.15) is 5.54 Å². The molecule has 1 N–H and O–H groups in total. The Balaban J connectivity index is 2.04. The van der Waals surface area contributed by atoms with Crippen molar-refractivity contribution in [1.29, 1.82) is 0 Å². The van der Waals surface area contributed by atoms with E-state index in [1.54, 1.807) is 0 Å². The number of rotatable bonds is 5. The van der Waals surface area contributed by atoms with Crippen molar-refractivity contribution in [2.24, 2.45) is 0 Å². The number of nitrogens with zero attached hydrogens (tertiary/aromatic N) is 1. The molecule has 17 heavy (non-hydrogen) atoms. The van der Waals surface area contributed by atoms with Crippen molar-refractivity contribution in [3.63, 3.8) is 0 Å². The van der Waals surface area contributed by atoms with Crippen LogP contribution in [0.15, 0.2) is 0 Å². The molecule has 2 heterocycles. The fourth-order valence-electron chi connectivity index (χ4n) is 3.28. The molecule has 0 saturated carbocycles. The summed E-state index contributed by atoms with van der Waals surface area (Å²) < 4.78 is 5.63. The van der Waals surface area contributed by atoms with E-state index in [2.05, 4.69) is 11.8 Å². The molecule has 2 rings (SSSR count). The first-order valence-electron chi connectivity index (χ1n) is 6.79. The lowest BCUT2D eigenvalue weighted by molar-refractivity contribution is -0.151. The zero-order chi connectivity index (χ0) is 12.3. The summed E-state index contributed by atoms with van der Waals surface area (Å²) in [6, 6.07) is 0. The third-order valence-corrected chi connectivity index (χ3v) is 4.13. The average Bonchev–Trinajstić information content (AvgIpc) is 2.91. The van der Waals surface area contributed by atoms with Crippen molar-refractivity contribution in [3.8, 4) is 0 Å². The number of carboxylic acid groups (broad SMARTS) is 1. The molecule has 0 spiro atoms. The van der Waals surface area contributed by atoms with E-state index >= 15 is 0 Å². The van der Waals surface area contributed by atoms with Gasteiger partial charge in [-0.05, 0) is 38.6 Å². The van der Waals surface area contributed by atoms with Gasteiger partial charge in [0.05, 0.1) is 6.10 Å². The van der Waals surface area contributed by atoms with E-state index < -0.39 is 11.5 Å². The van der Waals surface area contributed by atoms with Gasteiger partial charge in [-0.25, -0.2) is 0 Å². The highest BCUT2D eigenvalue weighted by atomic mass is 16.5. The van der Waals surface area contributed by atoms with E-state index in [9.17, 15) is 9.90 Å². The summed E-state index contributed by atoms with van der Waals surface area (Å²) in [5, 5.41) is 9.56. The van der Waals surface area contributed by atoms with E-state index in [1.165, 1.54) is 0 Å². The normalized spacial score (nSPS) is 34.3. The van der Waals surface area contributed by atoms with Crippen LogP contribution in [-0.4, -0.2) is 47.3 Å². The number of hydrogen-bond donors (Lipinski definition) is 1. The fraction of sp³-hybridized carbons (Fsp3) is 0.923. The molecule has 4 nitrogen and oxygen atoms in total. The maximum absolute atomic E-state index is 11.6. The van der Waals surface area contributed by atoms with E-state index in [4.69, 9.17) is 4.74 Å². The summed E-state index contributed by atoms with van der Waals surface area (Å²) >= 11 is 0. The lowest BCUT2D eigenvalue weighted by Gasteiger charge is -2.35. The molecular formula is C13H23NO3. The van der Waals surface area contributed by atoms with Crippen molar-refractivity contribution >= 4 is 5.97 Å². The Morgan fingerprint density at radius 2 is 2.35 bits per heavy atom. The smallest absolute Gasteiger partial charge is 0.324 e. The maximum Gasteiger partial charge on any atom is 0.324 e. The van der Waals surface area contributed by atoms with Crippen LogP contribution in [0.5, 0.6) is 0 Å². The first-order chi connectivity index (χ1) is 8.19. The Morgan fingerprint density at radius 3 is 2.94 bits per heavy atom. The molecule has 0 aliphatic carbocycles. The molecule has 2 atom stereocenters. The van der Waals surface area contributed by atoms with Crippen LogP contribution in [-0.2, 0) is 9.53 Å². The number of carbonyl (C=O) groups is 1. The maximum atomic E-state index is 11.6. The average molecular weight is 241 g/mol. The topological polar surface area (TPSA) is 49.8 Å². The summed E-state index contributed by atoms with van der Waals surface area (Å²) in [6.07, 6.45) is 5.93. The second kappa shape index (κ2) is 5.36. The Hall–Kier alpha value is -0.610. The molecular weight excluding hydrogens is 218 g/mol. The van der Waals surface area contributed by atoms with Gasteiger partial charge in [-0.1, -0.05) is 13.3 Å². The monoisotopic (exact) mass is 241 g/mol. The SMILES string of the molecule is CCCC1(C(=O)O)CCCN1CC1CCCO1. The molecule has 4 heteroatoms. The molecule has 98 valence electrons. The minimum Gasteiger partial charge on any atom is -0.480 e. The van der Waals surface area contributed by atoms with Crippen LogP contribution < -0.4 is 0 Å². The number of aliphatic carboxylic acids is 1. The van der Waals surface area contributed by atoms with Crippen LogP contribution >= 0.6 is 0 Å². The second-order valence-electron chi connectivity index (χ2n) is 5.27. The summed E-state index contributed by atoms with van der Waals surface area (Å²) in [7, 11) is 0. The van der Waals surface area contributed by atoms with E-state index in [-0.39, 0.29) is 6.10 Å². The molecule has 2 unspecified atom stereocenters. The van der Waals surface area contributed by atoms with Crippen LogP contribution in [0.25, 0.3) is 0 Å².